The molecule has 3 aromatic rings. The molecule has 2 heterocycles. The van der Waals surface area contributed by atoms with Crippen molar-refractivity contribution in [2.24, 2.45) is 7.05 Å². The lowest BCUT2D eigenvalue weighted by Crippen LogP contribution is -2.14. The minimum atomic E-state index is -0.347. The average molecular weight is 420 g/mol. The summed E-state index contributed by atoms with van der Waals surface area (Å²) in [6, 6.07) is 5.54. The SMILES string of the molecule is CC.CC.CNc1cn[nH]c1C(=O)Nc1ccc(F)cc1.Cn1cc(N)nc1C=O. The molecule has 2 aromatic heterocycles. The van der Waals surface area contributed by atoms with E-state index in [9.17, 15) is 14.0 Å². The second-order valence-corrected chi connectivity index (χ2v) is 5.12. The van der Waals surface area contributed by atoms with Crippen LogP contribution in [0.5, 0.6) is 0 Å². The molecule has 0 atom stereocenters. The number of aldehydes is 1. The third-order valence-corrected chi connectivity index (χ3v) is 3.27. The maximum atomic E-state index is 12.7. The normalized spacial score (nSPS) is 8.90. The van der Waals surface area contributed by atoms with Crippen molar-refractivity contribution in [1.29, 1.82) is 0 Å². The number of aryl methyl sites for hydroxylation is 1. The number of nitrogens with one attached hydrogen (secondary N) is 3. The number of imidazole rings is 1. The van der Waals surface area contributed by atoms with Crippen molar-refractivity contribution in [2.75, 3.05) is 23.4 Å². The van der Waals surface area contributed by atoms with Gasteiger partial charge in [0.15, 0.2) is 12.1 Å². The average Bonchev–Trinajstić information content (AvgIpc) is 3.38. The number of amides is 1. The van der Waals surface area contributed by atoms with Crippen LogP contribution in [0.15, 0.2) is 36.7 Å². The molecule has 0 unspecified atom stereocenters. The van der Waals surface area contributed by atoms with Gasteiger partial charge in [-0.2, -0.15) is 5.10 Å². The molecule has 164 valence electrons. The van der Waals surface area contributed by atoms with Gasteiger partial charge < -0.3 is 20.9 Å². The van der Waals surface area contributed by atoms with Crippen molar-refractivity contribution in [1.82, 2.24) is 19.7 Å². The number of hydrogen-bond acceptors (Lipinski definition) is 6. The van der Waals surface area contributed by atoms with Gasteiger partial charge in [0.2, 0.25) is 0 Å². The monoisotopic (exact) mass is 419 g/mol. The summed E-state index contributed by atoms with van der Waals surface area (Å²) in [7, 11) is 3.41. The van der Waals surface area contributed by atoms with Crippen LogP contribution in [0.2, 0.25) is 0 Å². The summed E-state index contributed by atoms with van der Waals surface area (Å²) >= 11 is 0. The summed E-state index contributed by atoms with van der Waals surface area (Å²) in [5.41, 5.74) is 6.72. The Balaban J connectivity index is 0.000000547. The van der Waals surface area contributed by atoms with Gasteiger partial charge in [0, 0.05) is 26.0 Å². The first kappa shape index (κ1) is 26.3. The standard InChI is InChI=1S/C11H11FN4O.C5H7N3O.2C2H6/c1-13-9-6-14-16-10(9)11(17)15-8-4-2-7(12)3-5-8;1-8-2-4(6)7-5(8)3-9;2*1-2/h2-6,13H,1H3,(H,14,16)(H,15,17);2-3H,6H2,1H3;2*1-2H3. The lowest BCUT2D eigenvalue weighted by Gasteiger charge is -2.05. The van der Waals surface area contributed by atoms with E-state index in [1.54, 1.807) is 24.9 Å². The molecular weight excluding hydrogens is 389 g/mol. The van der Waals surface area contributed by atoms with Gasteiger partial charge in [0.25, 0.3) is 5.91 Å². The Morgan fingerprint density at radius 3 is 2.23 bits per heavy atom. The molecule has 0 aliphatic rings. The fourth-order valence-electron chi connectivity index (χ4n) is 1.99. The van der Waals surface area contributed by atoms with Crippen molar-refractivity contribution >= 4 is 29.4 Å². The largest absolute Gasteiger partial charge is 0.385 e. The molecule has 10 heteroatoms. The van der Waals surface area contributed by atoms with Crippen LogP contribution in [0.4, 0.5) is 21.6 Å². The molecule has 0 saturated heterocycles. The Morgan fingerprint density at radius 1 is 1.20 bits per heavy atom. The lowest BCUT2D eigenvalue weighted by molar-refractivity contribution is 0.102. The highest BCUT2D eigenvalue weighted by Gasteiger charge is 2.12. The van der Waals surface area contributed by atoms with Gasteiger partial charge in [0.05, 0.1) is 11.9 Å². The van der Waals surface area contributed by atoms with E-state index in [0.717, 1.165) is 0 Å². The second-order valence-electron chi connectivity index (χ2n) is 5.12. The number of nitrogens with zero attached hydrogens (tertiary/aromatic N) is 3. The Hall–Kier alpha value is -3.69. The number of H-pyrrole nitrogens is 1. The van der Waals surface area contributed by atoms with Gasteiger partial charge in [-0.05, 0) is 24.3 Å². The molecular formula is C20H30FN7O2. The first-order valence-corrected chi connectivity index (χ1v) is 9.46. The fourth-order valence-corrected chi connectivity index (χ4v) is 1.99. The fraction of sp³-hybridized carbons (Fsp3) is 0.300. The third kappa shape index (κ3) is 8.13. The van der Waals surface area contributed by atoms with E-state index in [0.29, 0.717) is 35.0 Å². The van der Waals surface area contributed by atoms with Crippen molar-refractivity contribution in [3.8, 4) is 0 Å². The van der Waals surface area contributed by atoms with Gasteiger partial charge in [-0.1, -0.05) is 27.7 Å². The van der Waals surface area contributed by atoms with Crippen LogP contribution in [-0.4, -0.2) is 39.0 Å². The quantitative estimate of drug-likeness (QED) is 0.477. The molecule has 30 heavy (non-hydrogen) atoms. The Kier molecular flexibility index (Phi) is 12.6. The number of halogens is 1. The number of benzene rings is 1. The topological polar surface area (TPSA) is 131 Å². The number of hydrogen-bond donors (Lipinski definition) is 4. The van der Waals surface area contributed by atoms with Crippen LogP contribution in [0.3, 0.4) is 0 Å². The molecule has 0 radical (unpaired) electrons. The zero-order valence-electron chi connectivity index (χ0n) is 18.2. The number of carbonyl (C=O) groups is 2. The maximum Gasteiger partial charge on any atom is 0.275 e. The molecule has 0 aliphatic heterocycles. The van der Waals surface area contributed by atoms with E-state index in [-0.39, 0.29) is 11.7 Å². The molecule has 0 bridgehead atoms. The van der Waals surface area contributed by atoms with E-state index >= 15 is 0 Å². The molecule has 9 nitrogen and oxygen atoms in total. The molecule has 0 saturated carbocycles. The molecule has 0 fully saturated rings. The smallest absolute Gasteiger partial charge is 0.275 e. The lowest BCUT2D eigenvalue weighted by atomic mass is 10.3. The van der Waals surface area contributed by atoms with Crippen LogP contribution >= 0.6 is 0 Å². The molecule has 1 amide bonds. The third-order valence-electron chi connectivity index (χ3n) is 3.27. The Morgan fingerprint density at radius 2 is 1.80 bits per heavy atom. The summed E-state index contributed by atoms with van der Waals surface area (Å²) < 4.78 is 14.2. The summed E-state index contributed by atoms with van der Waals surface area (Å²) in [5.74, 6) is 0.0472. The summed E-state index contributed by atoms with van der Waals surface area (Å²) in [6.07, 6.45) is 3.76. The van der Waals surface area contributed by atoms with Crippen molar-refractivity contribution in [3.05, 3.63) is 54.0 Å². The predicted octanol–water partition coefficient (Wildman–Crippen LogP) is 3.71. The summed E-state index contributed by atoms with van der Waals surface area (Å²) in [6.45, 7) is 8.00. The molecule has 1 aromatic carbocycles. The summed E-state index contributed by atoms with van der Waals surface area (Å²) in [5, 5.41) is 11.8. The Labute approximate surface area is 175 Å². The highest BCUT2D eigenvalue weighted by atomic mass is 19.1. The zero-order chi connectivity index (χ0) is 23.1. The van der Waals surface area contributed by atoms with Gasteiger partial charge in [-0.3, -0.25) is 14.7 Å². The Bertz CT molecular complexity index is 889. The van der Waals surface area contributed by atoms with E-state index < -0.39 is 0 Å². The molecule has 5 N–H and O–H groups in total. The number of aromatic amines is 1. The number of nitrogen functional groups attached to an aromatic ring is 1. The second kappa shape index (κ2) is 14.3. The minimum Gasteiger partial charge on any atom is -0.385 e. The number of carbonyl (C=O) groups excluding carboxylic acids is 2. The zero-order valence-corrected chi connectivity index (χ0v) is 18.2. The number of rotatable bonds is 4. The van der Waals surface area contributed by atoms with Crippen molar-refractivity contribution in [2.45, 2.75) is 27.7 Å². The first-order valence-electron chi connectivity index (χ1n) is 9.46. The van der Waals surface area contributed by atoms with E-state index in [2.05, 4.69) is 25.8 Å². The highest BCUT2D eigenvalue weighted by Crippen LogP contribution is 2.14. The van der Waals surface area contributed by atoms with Gasteiger partial charge in [-0.25, -0.2) is 9.37 Å². The van der Waals surface area contributed by atoms with Gasteiger partial charge in [-0.15, -0.1) is 0 Å². The number of nitrogens with two attached hydrogens (primary N) is 1. The van der Waals surface area contributed by atoms with Crippen LogP contribution in [0.1, 0.15) is 48.8 Å². The predicted molar refractivity (Wildman–Crippen MR) is 118 cm³/mol. The van der Waals surface area contributed by atoms with Crippen molar-refractivity contribution in [3.63, 3.8) is 0 Å². The maximum absolute atomic E-state index is 12.7. The minimum absolute atomic E-state index is 0.330. The van der Waals surface area contributed by atoms with Crippen LogP contribution in [0.25, 0.3) is 0 Å². The highest BCUT2D eigenvalue weighted by molar-refractivity contribution is 6.06. The van der Waals surface area contributed by atoms with E-state index in [1.165, 1.54) is 30.5 Å². The molecule has 0 aliphatic carbocycles. The first-order chi connectivity index (χ1) is 14.4. The van der Waals surface area contributed by atoms with Crippen LogP contribution in [0, 0.1) is 5.82 Å². The molecule has 0 spiro atoms. The van der Waals surface area contributed by atoms with Crippen LogP contribution in [-0.2, 0) is 7.05 Å². The van der Waals surface area contributed by atoms with Gasteiger partial charge >= 0.3 is 0 Å². The molecule has 3 rings (SSSR count). The number of anilines is 3. The van der Waals surface area contributed by atoms with Crippen molar-refractivity contribution < 1.29 is 14.0 Å². The summed E-state index contributed by atoms with van der Waals surface area (Å²) in [4.78, 5) is 25.6. The van der Waals surface area contributed by atoms with E-state index in [1.807, 2.05) is 27.7 Å². The van der Waals surface area contributed by atoms with E-state index in [4.69, 9.17) is 5.73 Å². The van der Waals surface area contributed by atoms with Crippen LogP contribution < -0.4 is 16.4 Å². The van der Waals surface area contributed by atoms with Gasteiger partial charge in [0.1, 0.15) is 17.3 Å². The number of aromatic nitrogens is 4.